The Balaban J connectivity index is 2.03. The van der Waals surface area contributed by atoms with Gasteiger partial charge in [-0.3, -0.25) is 9.44 Å². The molecule has 30 heavy (non-hydrogen) atoms. The molecule has 0 atom stereocenters. The zero-order chi connectivity index (χ0) is 22.1. The van der Waals surface area contributed by atoms with Crippen LogP contribution in [0.3, 0.4) is 0 Å². The molecule has 0 aliphatic carbocycles. The molecule has 0 spiro atoms. The molecule has 0 saturated heterocycles. The summed E-state index contributed by atoms with van der Waals surface area (Å²) in [6.45, 7) is 0. The van der Waals surface area contributed by atoms with Crippen molar-refractivity contribution < 1.29 is 16.8 Å². The summed E-state index contributed by atoms with van der Waals surface area (Å²) in [5.41, 5.74) is 0.118. The Hall–Kier alpha value is -0.920. The van der Waals surface area contributed by atoms with E-state index in [9.17, 15) is 16.8 Å². The molecular weight excluding hydrogens is 692 g/mol. The largest absolute Gasteiger partial charge is 0.277 e. The van der Waals surface area contributed by atoms with Crippen molar-refractivity contribution in [1.82, 2.24) is 0 Å². The Morgan fingerprint density at radius 3 is 1.27 bits per heavy atom. The number of sulfonamides is 2. The number of anilines is 2. The van der Waals surface area contributed by atoms with E-state index in [-0.39, 0.29) is 21.2 Å². The fourth-order valence-corrected chi connectivity index (χ4v) is 6.41. The maximum atomic E-state index is 12.8. The fourth-order valence-electron chi connectivity index (χ4n) is 2.39. The molecule has 3 aromatic rings. The van der Waals surface area contributed by atoms with Crippen molar-refractivity contribution in [3.05, 3.63) is 78.6 Å². The van der Waals surface area contributed by atoms with Gasteiger partial charge in [-0.2, -0.15) is 0 Å². The second kappa shape index (κ2) is 9.29. The molecule has 0 aliphatic heterocycles. The zero-order valence-electron chi connectivity index (χ0n) is 14.7. The normalized spacial score (nSPS) is 11.9. The molecule has 0 unspecified atom stereocenters. The summed E-state index contributed by atoms with van der Waals surface area (Å²) in [6.07, 6.45) is 0. The van der Waals surface area contributed by atoms with Crippen molar-refractivity contribution in [2.75, 3.05) is 9.44 Å². The molecule has 0 heterocycles. The second-order valence-electron chi connectivity index (χ2n) is 5.94. The Kier molecular flexibility index (Phi) is 7.35. The van der Waals surface area contributed by atoms with Crippen LogP contribution in [0.4, 0.5) is 11.4 Å². The van der Waals surface area contributed by atoms with E-state index in [0.29, 0.717) is 17.9 Å². The smallest absolute Gasteiger partial charge is 0.262 e. The van der Waals surface area contributed by atoms with Gasteiger partial charge in [0.25, 0.3) is 20.0 Å². The standard InChI is InChI=1S/C18H12Br4N2O4S2/c19-11-3-1-5-13(7-11)29(25,26)23-17-9-15(21)16(22)10-18(17)24-30(27,28)14-6-2-4-12(20)8-14/h1-10,23-24H. The molecule has 0 amide bonds. The Morgan fingerprint density at radius 1 is 0.567 bits per heavy atom. The van der Waals surface area contributed by atoms with Gasteiger partial charge in [0.1, 0.15) is 0 Å². The fraction of sp³-hybridized carbons (Fsp3) is 0. The molecule has 3 rings (SSSR count). The highest BCUT2D eigenvalue weighted by molar-refractivity contribution is 9.13. The maximum Gasteiger partial charge on any atom is 0.262 e. The number of nitrogens with one attached hydrogen (secondary N) is 2. The van der Waals surface area contributed by atoms with E-state index >= 15 is 0 Å². The summed E-state index contributed by atoms with van der Waals surface area (Å²) in [6, 6.07) is 15.3. The van der Waals surface area contributed by atoms with Gasteiger partial charge >= 0.3 is 0 Å². The molecule has 0 fully saturated rings. The van der Waals surface area contributed by atoms with Gasteiger partial charge in [-0.25, -0.2) is 16.8 Å². The second-order valence-corrected chi connectivity index (χ2v) is 12.8. The van der Waals surface area contributed by atoms with Crippen molar-refractivity contribution in [2.24, 2.45) is 0 Å². The predicted octanol–water partition coefficient (Wildman–Crippen LogP) is 6.34. The summed E-state index contributed by atoms with van der Waals surface area (Å²) in [7, 11) is -7.95. The first-order valence-corrected chi connectivity index (χ1v) is 14.2. The first-order chi connectivity index (χ1) is 14.0. The summed E-state index contributed by atoms with van der Waals surface area (Å²) < 4.78 is 58.5. The molecule has 0 aliphatic rings. The summed E-state index contributed by atoms with van der Waals surface area (Å²) in [5, 5.41) is 0. The molecular formula is C18H12Br4N2O4S2. The first kappa shape index (κ1) is 23.7. The lowest BCUT2D eigenvalue weighted by molar-refractivity contribution is 0.599. The van der Waals surface area contributed by atoms with Crippen LogP contribution < -0.4 is 9.44 Å². The van der Waals surface area contributed by atoms with Crippen LogP contribution >= 0.6 is 63.7 Å². The topological polar surface area (TPSA) is 92.3 Å². The monoisotopic (exact) mass is 700 g/mol. The Bertz CT molecular complexity index is 1230. The van der Waals surface area contributed by atoms with Crippen molar-refractivity contribution in [1.29, 1.82) is 0 Å². The van der Waals surface area contributed by atoms with Gasteiger partial charge < -0.3 is 0 Å². The summed E-state index contributed by atoms with van der Waals surface area (Å²) in [4.78, 5) is 0.0495. The third kappa shape index (κ3) is 5.65. The van der Waals surface area contributed by atoms with Crippen LogP contribution in [0.25, 0.3) is 0 Å². The van der Waals surface area contributed by atoms with Crippen LogP contribution in [-0.2, 0) is 20.0 Å². The van der Waals surface area contributed by atoms with Gasteiger partial charge in [-0.15, -0.1) is 0 Å². The number of halogens is 4. The summed E-state index contributed by atoms with van der Waals surface area (Å²) in [5.74, 6) is 0. The highest BCUT2D eigenvalue weighted by atomic mass is 79.9. The maximum absolute atomic E-state index is 12.8. The average Bonchev–Trinajstić information content (AvgIpc) is 2.65. The van der Waals surface area contributed by atoms with Gasteiger partial charge in [0, 0.05) is 17.9 Å². The number of hydrogen-bond donors (Lipinski definition) is 2. The molecule has 0 bridgehead atoms. The lowest BCUT2D eigenvalue weighted by Crippen LogP contribution is -2.18. The van der Waals surface area contributed by atoms with E-state index in [1.54, 1.807) is 24.3 Å². The van der Waals surface area contributed by atoms with Crippen molar-refractivity contribution >= 4 is 95.1 Å². The molecule has 3 aromatic carbocycles. The molecule has 12 heteroatoms. The first-order valence-electron chi connectivity index (χ1n) is 8.04. The van der Waals surface area contributed by atoms with Crippen LogP contribution in [0.15, 0.2) is 88.3 Å². The number of hydrogen-bond acceptors (Lipinski definition) is 4. The zero-order valence-corrected chi connectivity index (χ0v) is 22.7. The predicted molar refractivity (Wildman–Crippen MR) is 132 cm³/mol. The van der Waals surface area contributed by atoms with Gasteiger partial charge in [0.15, 0.2) is 0 Å². The molecule has 6 nitrogen and oxygen atoms in total. The molecule has 0 saturated carbocycles. The average molecular weight is 704 g/mol. The third-order valence-electron chi connectivity index (χ3n) is 3.76. The van der Waals surface area contributed by atoms with E-state index in [2.05, 4.69) is 73.2 Å². The molecule has 0 aromatic heterocycles. The van der Waals surface area contributed by atoms with E-state index in [1.165, 1.54) is 36.4 Å². The van der Waals surface area contributed by atoms with Crippen LogP contribution in [0.1, 0.15) is 0 Å². The van der Waals surface area contributed by atoms with Gasteiger partial charge in [-0.05, 0) is 80.4 Å². The quantitative estimate of drug-likeness (QED) is 0.314. The van der Waals surface area contributed by atoms with E-state index in [4.69, 9.17) is 0 Å². The molecule has 0 radical (unpaired) electrons. The number of benzene rings is 3. The van der Waals surface area contributed by atoms with Crippen molar-refractivity contribution in [3.63, 3.8) is 0 Å². The van der Waals surface area contributed by atoms with Crippen LogP contribution in [0.5, 0.6) is 0 Å². The molecule has 158 valence electrons. The van der Waals surface area contributed by atoms with Crippen LogP contribution in [0, 0.1) is 0 Å². The Morgan fingerprint density at radius 2 is 0.933 bits per heavy atom. The highest BCUT2D eigenvalue weighted by Gasteiger charge is 2.21. The third-order valence-corrected chi connectivity index (χ3v) is 9.32. The molecule has 2 N–H and O–H groups in total. The van der Waals surface area contributed by atoms with E-state index in [1.807, 2.05) is 0 Å². The highest BCUT2D eigenvalue weighted by Crippen LogP contribution is 2.36. The Labute approximate surface area is 208 Å². The minimum absolute atomic E-state index is 0.0247. The van der Waals surface area contributed by atoms with Gasteiger partial charge in [0.05, 0.1) is 21.2 Å². The van der Waals surface area contributed by atoms with E-state index < -0.39 is 20.0 Å². The lowest BCUT2D eigenvalue weighted by atomic mass is 10.3. The van der Waals surface area contributed by atoms with Crippen molar-refractivity contribution in [3.8, 4) is 0 Å². The minimum Gasteiger partial charge on any atom is -0.277 e. The minimum atomic E-state index is -3.97. The lowest BCUT2D eigenvalue weighted by Gasteiger charge is -2.16. The van der Waals surface area contributed by atoms with Gasteiger partial charge in [0.2, 0.25) is 0 Å². The van der Waals surface area contributed by atoms with Gasteiger partial charge in [-0.1, -0.05) is 44.0 Å². The summed E-state index contributed by atoms with van der Waals surface area (Å²) >= 11 is 13.1. The number of rotatable bonds is 6. The van der Waals surface area contributed by atoms with Crippen LogP contribution in [0.2, 0.25) is 0 Å². The van der Waals surface area contributed by atoms with Crippen LogP contribution in [-0.4, -0.2) is 16.8 Å². The SMILES string of the molecule is O=S(=O)(Nc1cc(Br)c(Br)cc1NS(=O)(=O)c1cccc(Br)c1)c1cccc(Br)c1. The van der Waals surface area contributed by atoms with Crippen molar-refractivity contribution in [2.45, 2.75) is 9.79 Å². The van der Waals surface area contributed by atoms with E-state index in [0.717, 1.165) is 0 Å².